The highest BCUT2D eigenvalue weighted by atomic mass is 32.1. The zero-order chi connectivity index (χ0) is 11.8. The molecular formula is C13H13N3S. The van der Waals surface area contributed by atoms with Crippen molar-refractivity contribution in [3.05, 3.63) is 35.3 Å². The van der Waals surface area contributed by atoms with E-state index < -0.39 is 0 Å². The summed E-state index contributed by atoms with van der Waals surface area (Å²) in [6.07, 6.45) is 0. The molecule has 0 amide bonds. The van der Waals surface area contributed by atoms with Gasteiger partial charge in [0, 0.05) is 28.1 Å². The molecule has 2 aromatic heterocycles. The number of aromatic nitrogens is 2. The molecule has 17 heavy (non-hydrogen) atoms. The Bertz CT molecular complexity index is 666. The fourth-order valence-corrected chi connectivity index (χ4v) is 3.04. The van der Waals surface area contributed by atoms with Gasteiger partial charge in [-0.1, -0.05) is 18.2 Å². The van der Waals surface area contributed by atoms with Crippen LogP contribution in [0, 0.1) is 6.92 Å². The third kappa shape index (κ3) is 1.52. The number of benzene rings is 1. The van der Waals surface area contributed by atoms with E-state index in [4.69, 9.17) is 0 Å². The molecule has 3 rings (SSSR count). The number of thiophene rings is 1. The predicted octanol–water partition coefficient (Wildman–Crippen LogP) is 3.64. The third-order valence-electron chi connectivity index (χ3n) is 2.93. The predicted molar refractivity (Wildman–Crippen MR) is 73.7 cm³/mol. The lowest BCUT2D eigenvalue weighted by Crippen LogP contribution is -1.90. The standard InChI is InChI=1S/C13H13N3S/c1-8-12(14-2)13(16-15-8)10-7-17-11-6-4-3-5-9(10)11/h3-7,14H,1-2H3,(H,15,16). The average molecular weight is 243 g/mol. The minimum absolute atomic E-state index is 1.00. The lowest BCUT2D eigenvalue weighted by Gasteiger charge is -2.01. The van der Waals surface area contributed by atoms with Crippen molar-refractivity contribution in [2.75, 3.05) is 12.4 Å². The quantitative estimate of drug-likeness (QED) is 0.721. The van der Waals surface area contributed by atoms with Gasteiger partial charge in [0.15, 0.2) is 0 Å². The number of aryl methyl sites for hydroxylation is 1. The van der Waals surface area contributed by atoms with Gasteiger partial charge >= 0.3 is 0 Å². The molecule has 0 saturated carbocycles. The molecule has 0 radical (unpaired) electrons. The van der Waals surface area contributed by atoms with Gasteiger partial charge in [-0.2, -0.15) is 5.10 Å². The fourth-order valence-electron chi connectivity index (χ4n) is 2.09. The molecule has 0 aliphatic rings. The second kappa shape index (κ2) is 3.89. The van der Waals surface area contributed by atoms with Crippen LogP contribution in [0.2, 0.25) is 0 Å². The Balaban J connectivity index is 2.27. The second-order valence-electron chi connectivity index (χ2n) is 3.97. The van der Waals surface area contributed by atoms with Crippen LogP contribution in [0.15, 0.2) is 29.6 Å². The van der Waals surface area contributed by atoms with E-state index in [2.05, 4.69) is 45.2 Å². The van der Waals surface area contributed by atoms with Crippen molar-refractivity contribution in [1.82, 2.24) is 10.2 Å². The number of nitrogens with zero attached hydrogens (tertiary/aromatic N) is 1. The number of aromatic amines is 1. The normalized spacial score (nSPS) is 10.9. The molecule has 0 unspecified atom stereocenters. The summed E-state index contributed by atoms with van der Waals surface area (Å²) >= 11 is 1.76. The summed E-state index contributed by atoms with van der Waals surface area (Å²) in [7, 11) is 1.93. The van der Waals surface area contributed by atoms with Crippen molar-refractivity contribution in [3.63, 3.8) is 0 Å². The Morgan fingerprint density at radius 2 is 2.12 bits per heavy atom. The van der Waals surface area contributed by atoms with Gasteiger partial charge in [-0.3, -0.25) is 5.10 Å². The zero-order valence-electron chi connectivity index (χ0n) is 9.74. The summed E-state index contributed by atoms with van der Waals surface area (Å²) in [5.74, 6) is 0. The van der Waals surface area contributed by atoms with Crippen LogP contribution in [-0.4, -0.2) is 17.2 Å². The van der Waals surface area contributed by atoms with Crippen molar-refractivity contribution >= 4 is 27.1 Å². The van der Waals surface area contributed by atoms with Crippen LogP contribution < -0.4 is 5.32 Å². The Hall–Kier alpha value is -1.81. The first kappa shape index (κ1) is 10.4. The Labute approximate surface area is 103 Å². The van der Waals surface area contributed by atoms with Crippen LogP contribution in [0.3, 0.4) is 0 Å². The molecule has 2 N–H and O–H groups in total. The maximum Gasteiger partial charge on any atom is 0.117 e. The monoisotopic (exact) mass is 243 g/mol. The molecule has 0 bridgehead atoms. The van der Waals surface area contributed by atoms with E-state index in [9.17, 15) is 0 Å². The molecule has 0 aliphatic heterocycles. The van der Waals surface area contributed by atoms with Crippen LogP contribution in [-0.2, 0) is 0 Å². The summed E-state index contributed by atoms with van der Waals surface area (Å²) in [5.41, 5.74) is 4.34. The van der Waals surface area contributed by atoms with Crippen LogP contribution in [0.25, 0.3) is 21.3 Å². The molecule has 3 nitrogen and oxygen atoms in total. The molecule has 0 saturated heterocycles. The van der Waals surface area contributed by atoms with Crippen LogP contribution in [0.5, 0.6) is 0 Å². The first-order chi connectivity index (χ1) is 8.31. The Morgan fingerprint density at radius 1 is 1.29 bits per heavy atom. The summed E-state index contributed by atoms with van der Waals surface area (Å²) in [4.78, 5) is 0. The second-order valence-corrected chi connectivity index (χ2v) is 4.88. The molecule has 3 aromatic rings. The van der Waals surface area contributed by atoms with E-state index in [0.29, 0.717) is 0 Å². The number of anilines is 1. The fraction of sp³-hybridized carbons (Fsp3) is 0.154. The maximum absolute atomic E-state index is 4.40. The molecule has 1 aromatic carbocycles. The highest BCUT2D eigenvalue weighted by Crippen LogP contribution is 2.37. The molecule has 0 atom stereocenters. The minimum Gasteiger partial charge on any atom is -0.385 e. The van der Waals surface area contributed by atoms with Gasteiger partial charge in [0.2, 0.25) is 0 Å². The number of rotatable bonds is 2. The molecule has 0 fully saturated rings. The highest BCUT2D eigenvalue weighted by Gasteiger charge is 2.14. The highest BCUT2D eigenvalue weighted by molar-refractivity contribution is 7.17. The Morgan fingerprint density at radius 3 is 2.94 bits per heavy atom. The van der Waals surface area contributed by atoms with E-state index in [-0.39, 0.29) is 0 Å². The largest absolute Gasteiger partial charge is 0.385 e. The summed E-state index contributed by atoms with van der Waals surface area (Å²) < 4.78 is 1.30. The first-order valence-electron chi connectivity index (χ1n) is 5.50. The average Bonchev–Trinajstić information content (AvgIpc) is 2.92. The number of fused-ring (bicyclic) bond motifs is 1. The van der Waals surface area contributed by atoms with Gasteiger partial charge in [-0.05, 0) is 13.0 Å². The van der Waals surface area contributed by atoms with Crippen LogP contribution >= 0.6 is 11.3 Å². The van der Waals surface area contributed by atoms with Crippen molar-refractivity contribution in [2.45, 2.75) is 6.92 Å². The van der Waals surface area contributed by atoms with E-state index in [0.717, 1.165) is 17.1 Å². The van der Waals surface area contributed by atoms with Crippen LogP contribution in [0.4, 0.5) is 5.69 Å². The summed E-state index contributed by atoms with van der Waals surface area (Å²) in [6.45, 7) is 2.02. The lowest BCUT2D eigenvalue weighted by molar-refractivity contribution is 1.05. The number of nitrogens with one attached hydrogen (secondary N) is 2. The molecule has 0 aliphatic carbocycles. The molecule has 2 heterocycles. The van der Waals surface area contributed by atoms with Crippen molar-refractivity contribution in [2.24, 2.45) is 0 Å². The smallest absolute Gasteiger partial charge is 0.117 e. The minimum atomic E-state index is 1.00. The van der Waals surface area contributed by atoms with E-state index >= 15 is 0 Å². The van der Waals surface area contributed by atoms with Crippen molar-refractivity contribution < 1.29 is 0 Å². The molecule has 86 valence electrons. The topological polar surface area (TPSA) is 40.7 Å². The van der Waals surface area contributed by atoms with Crippen molar-refractivity contribution in [3.8, 4) is 11.3 Å². The number of H-pyrrole nitrogens is 1. The lowest BCUT2D eigenvalue weighted by atomic mass is 10.1. The maximum atomic E-state index is 4.40. The molecule has 4 heteroatoms. The zero-order valence-corrected chi connectivity index (χ0v) is 10.6. The van der Waals surface area contributed by atoms with Gasteiger partial charge in [0.1, 0.15) is 5.69 Å². The summed E-state index contributed by atoms with van der Waals surface area (Å²) in [6, 6.07) is 8.42. The van der Waals surface area contributed by atoms with Gasteiger partial charge < -0.3 is 5.32 Å². The number of hydrogen-bond acceptors (Lipinski definition) is 3. The van der Waals surface area contributed by atoms with E-state index in [1.165, 1.54) is 15.6 Å². The van der Waals surface area contributed by atoms with E-state index in [1.54, 1.807) is 11.3 Å². The van der Waals surface area contributed by atoms with Gasteiger partial charge in [0.25, 0.3) is 0 Å². The van der Waals surface area contributed by atoms with Gasteiger partial charge in [0.05, 0.1) is 11.4 Å². The third-order valence-corrected chi connectivity index (χ3v) is 3.90. The number of hydrogen-bond donors (Lipinski definition) is 2. The van der Waals surface area contributed by atoms with Crippen molar-refractivity contribution in [1.29, 1.82) is 0 Å². The molecule has 0 spiro atoms. The summed E-state index contributed by atoms with van der Waals surface area (Å²) in [5, 5.41) is 14.1. The van der Waals surface area contributed by atoms with Crippen LogP contribution in [0.1, 0.15) is 5.69 Å². The van der Waals surface area contributed by atoms with E-state index in [1.807, 2.05) is 14.0 Å². The van der Waals surface area contributed by atoms with Gasteiger partial charge in [-0.25, -0.2) is 0 Å². The first-order valence-corrected chi connectivity index (χ1v) is 6.38. The SMILES string of the molecule is CNc1c(-c2csc3ccccc23)n[nH]c1C. The Kier molecular flexibility index (Phi) is 2.37. The van der Waals surface area contributed by atoms with Gasteiger partial charge in [-0.15, -0.1) is 11.3 Å². The molecular weight excluding hydrogens is 230 g/mol.